The SMILES string of the molecule is CC1(CN(C[C@H]2CN(S(=O)(=O)c3cccs3)CCN2c2ccc(C(C)(C)O)cc2)S(C)(=O)=O)COC1. The molecule has 4 rings (SSSR count). The van der Waals surface area contributed by atoms with Gasteiger partial charge in [-0.15, -0.1) is 11.3 Å². The van der Waals surface area contributed by atoms with Crippen LogP contribution in [-0.4, -0.2) is 88.8 Å². The maximum atomic E-state index is 13.3. The first-order valence-electron chi connectivity index (χ1n) is 11.9. The lowest BCUT2D eigenvalue weighted by Gasteiger charge is -2.46. The lowest BCUT2D eigenvalue weighted by Crippen LogP contribution is -2.60. The van der Waals surface area contributed by atoms with Gasteiger partial charge >= 0.3 is 0 Å². The molecule has 9 nitrogen and oxygen atoms in total. The number of hydrogen-bond acceptors (Lipinski definition) is 8. The van der Waals surface area contributed by atoms with Gasteiger partial charge in [0.2, 0.25) is 10.0 Å². The smallest absolute Gasteiger partial charge is 0.252 e. The van der Waals surface area contributed by atoms with E-state index >= 15 is 0 Å². The van der Waals surface area contributed by atoms with Gasteiger partial charge in [-0.05, 0) is 43.0 Å². The molecule has 2 fully saturated rings. The standard InChI is InChI=1S/C24H35N3O6S3/c1-23(2,28)19-7-9-20(10-8-19)27-12-11-25(36(31,32)22-6-5-13-34-22)14-21(27)15-26(35(4,29)30)16-24(3)17-33-18-24/h5-10,13,21,28H,11-12,14-18H2,1-4H3/t21-/m1/s1. The quantitative estimate of drug-likeness (QED) is 0.503. The maximum Gasteiger partial charge on any atom is 0.252 e. The van der Waals surface area contributed by atoms with Crippen LogP contribution in [0, 0.1) is 5.41 Å². The average molecular weight is 558 g/mol. The summed E-state index contributed by atoms with van der Waals surface area (Å²) in [4.78, 5) is 2.08. The van der Waals surface area contributed by atoms with Crippen LogP contribution in [0.3, 0.4) is 0 Å². The van der Waals surface area contributed by atoms with Gasteiger partial charge in [0.05, 0.1) is 31.1 Å². The highest BCUT2D eigenvalue weighted by Crippen LogP contribution is 2.32. The number of hydrogen-bond donors (Lipinski definition) is 1. The molecular formula is C24H35N3O6S3. The fourth-order valence-electron chi connectivity index (χ4n) is 4.66. The lowest BCUT2D eigenvalue weighted by atomic mass is 9.88. The van der Waals surface area contributed by atoms with Crippen LogP contribution in [0.15, 0.2) is 46.0 Å². The second-order valence-corrected chi connectivity index (χ2v) is 15.7. The zero-order valence-corrected chi connectivity index (χ0v) is 23.6. The van der Waals surface area contributed by atoms with E-state index in [4.69, 9.17) is 4.74 Å². The Balaban J connectivity index is 1.65. The van der Waals surface area contributed by atoms with Crippen LogP contribution in [0.4, 0.5) is 5.69 Å². The first-order chi connectivity index (χ1) is 16.7. The van der Waals surface area contributed by atoms with Crippen LogP contribution in [0.25, 0.3) is 0 Å². The minimum absolute atomic E-state index is 0.151. The second-order valence-electron chi connectivity index (χ2n) is 10.6. The molecule has 2 aliphatic heterocycles. The van der Waals surface area contributed by atoms with Gasteiger partial charge in [-0.2, -0.15) is 8.61 Å². The van der Waals surface area contributed by atoms with Crippen molar-refractivity contribution in [2.24, 2.45) is 5.41 Å². The van der Waals surface area contributed by atoms with Gasteiger partial charge in [-0.1, -0.05) is 25.1 Å². The van der Waals surface area contributed by atoms with Crippen LogP contribution in [0.2, 0.25) is 0 Å². The molecule has 200 valence electrons. The summed E-state index contributed by atoms with van der Waals surface area (Å²) in [6.07, 6.45) is 1.20. The monoisotopic (exact) mass is 557 g/mol. The molecule has 1 aromatic heterocycles. The van der Waals surface area contributed by atoms with E-state index in [0.717, 1.165) is 11.3 Å². The van der Waals surface area contributed by atoms with E-state index in [-0.39, 0.29) is 29.3 Å². The number of thiophene rings is 1. The van der Waals surface area contributed by atoms with E-state index in [1.165, 1.54) is 26.2 Å². The van der Waals surface area contributed by atoms with Gasteiger partial charge in [-0.3, -0.25) is 0 Å². The number of piperazine rings is 1. The highest BCUT2D eigenvalue weighted by molar-refractivity contribution is 7.91. The minimum Gasteiger partial charge on any atom is -0.386 e. The van der Waals surface area contributed by atoms with Crippen molar-refractivity contribution in [1.82, 2.24) is 8.61 Å². The van der Waals surface area contributed by atoms with Crippen molar-refractivity contribution in [3.05, 3.63) is 47.3 Å². The summed E-state index contributed by atoms with van der Waals surface area (Å²) in [5, 5.41) is 12.1. The predicted molar refractivity (Wildman–Crippen MR) is 141 cm³/mol. The highest BCUT2D eigenvalue weighted by Gasteiger charge is 2.41. The summed E-state index contributed by atoms with van der Waals surface area (Å²) in [5.41, 5.74) is 0.364. The average Bonchev–Trinajstić information content (AvgIpc) is 3.32. The molecule has 2 aliphatic rings. The summed E-state index contributed by atoms with van der Waals surface area (Å²) in [6, 6.07) is 10.4. The zero-order valence-electron chi connectivity index (χ0n) is 21.1. The van der Waals surface area contributed by atoms with Crippen LogP contribution in [0.1, 0.15) is 26.3 Å². The van der Waals surface area contributed by atoms with Crippen molar-refractivity contribution in [2.75, 3.05) is 57.1 Å². The summed E-state index contributed by atoms with van der Waals surface area (Å²) in [6.45, 7) is 7.73. The van der Waals surface area contributed by atoms with Crippen molar-refractivity contribution in [1.29, 1.82) is 0 Å². The Bertz CT molecular complexity index is 1250. The number of aliphatic hydroxyl groups is 1. The number of sulfonamides is 2. The molecule has 0 saturated carbocycles. The first-order valence-corrected chi connectivity index (χ1v) is 16.0. The van der Waals surface area contributed by atoms with Gasteiger partial charge in [0.15, 0.2) is 0 Å². The van der Waals surface area contributed by atoms with Crippen LogP contribution < -0.4 is 4.90 Å². The molecule has 0 bridgehead atoms. The molecule has 2 saturated heterocycles. The second kappa shape index (κ2) is 9.97. The van der Waals surface area contributed by atoms with Gasteiger partial charge in [0.25, 0.3) is 10.0 Å². The minimum atomic E-state index is -3.68. The fraction of sp³-hybridized carbons (Fsp3) is 0.583. The molecule has 12 heteroatoms. The molecule has 1 atom stereocenters. The third-order valence-corrected chi connectivity index (χ3v) is 11.2. The number of ether oxygens (including phenoxy) is 1. The first kappa shape index (κ1) is 27.5. The Hall–Kier alpha value is -1.54. The van der Waals surface area contributed by atoms with Crippen molar-refractivity contribution in [2.45, 2.75) is 36.6 Å². The third-order valence-electron chi connectivity index (χ3n) is 6.78. The third kappa shape index (κ3) is 5.95. The fourth-order valence-corrected chi connectivity index (χ4v) is 8.26. The molecular weight excluding hydrogens is 522 g/mol. The number of anilines is 1. The van der Waals surface area contributed by atoms with E-state index in [2.05, 4.69) is 4.90 Å². The number of nitrogens with zero attached hydrogens (tertiary/aromatic N) is 3. The number of rotatable bonds is 9. The van der Waals surface area contributed by atoms with Gasteiger partial charge < -0.3 is 14.7 Å². The van der Waals surface area contributed by atoms with Crippen molar-refractivity contribution in [3.8, 4) is 0 Å². The van der Waals surface area contributed by atoms with Crippen LogP contribution in [0.5, 0.6) is 0 Å². The Morgan fingerprint density at radius 2 is 1.81 bits per heavy atom. The van der Waals surface area contributed by atoms with Gasteiger partial charge in [-0.25, -0.2) is 16.8 Å². The topological polar surface area (TPSA) is 107 Å². The molecule has 0 amide bonds. The van der Waals surface area contributed by atoms with E-state index in [1.807, 2.05) is 31.2 Å². The molecule has 2 aromatic rings. The predicted octanol–water partition coefficient (Wildman–Crippen LogP) is 2.15. The zero-order chi connectivity index (χ0) is 26.4. The van der Waals surface area contributed by atoms with E-state index < -0.39 is 31.7 Å². The van der Waals surface area contributed by atoms with Crippen molar-refractivity contribution >= 4 is 37.1 Å². The van der Waals surface area contributed by atoms with E-state index in [0.29, 0.717) is 26.3 Å². The molecule has 1 N–H and O–H groups in total. The Morgan fingerprint density at radius 3 is 2.31 bits per heavy atom. The normalized spacial score (nSPS) is 21.5. The Labute approximate surface area is 218 Å². The summed E-state index contributed by atoms with van der Waals surface area (Å²) >= 11 is 1.18. The largest absolute Gasteiger partial charge is 0.386 e. The van der Waals surface area contributed by atoms with Crippen molar-refractivity contribution < 1.29 is 26.7 Å². The summed E-state index contributed by atoms with van der Waals surface area (Å²) in [5.74, 6) is 0. The van der Waals surface area contributed by atoms with Gasteiger partial charge in [0, 0.05) is 43.8 Å². The molecule has 0 spiro atoms. The molecule has 36 heavy (non-hydrogen) atoms. The maximum absolute atomic E-state index is 13.3. The van der Waals surface area contributed by atoms with Crippen molar-refractivity contribution in [3.63, 3.8) is 0 Å². The Kier molecular flexibility index (Phi) is 7.62. The highest BCUT2D eigenvalue weighted by atomic mass is 32.2. The van der Waals surface area contributed by atoms with Crippen LogP contribution in [-0.2, 0) is 30.4 Å². The summed E-state index contributed by atoms with van der Waals surface area (Å²) < 4.78 is 60.7. The molecule has 0 aliphatic carbocycles. The molecule has 3 heterocycles. The van der Waals surface area contributed by atoms with Crippen LogP contribution >= 0.6 is 11.3 Å². The van der Waals surface area contributed by atoms with E-state index in [9.17, 15) is 21.9 Å². The molecule has 0 radical (unpaired) electrons. The molecule has 0 unspecified atom stereocenters. The number of benzene rings is 1. The lowest BCUT2D eigenvalue weighted by molar-refractivity contribution is -0.107. The summed E-state index contributed by atoms with van der Waals surface area (Å²) in [7, 11) is -7.23. The van der Waals surface area contributed by atoms with E-state index in [1.54, 1.807) is 31.4 Å². The molecule has 1 aromatic carbocycles. The Morgan fingerprint density at radius 1 is 1.14 bits per heavy atom. The van der Waals surface area contributed by atoms with Gasteiger partial charge in [0.1, 0.15) is 4.21 Å².